The summed E-state index contributed by atoms with van der Waals surface area (Å²) in [6.45, 7) is 2.93. The number of para-hydroxylation sites is 1. The zero-order valence-electron chi connectivity index (χ0n) is 12.1. The number of benzene rings is 1. The van der Waals surface area contributed by atoms with Crippen LogP contribution in [-0.2, 0) is 6.54 Å². The fourth-order valence-corrected chi connectivity index (χ4v) is 3.02. The average Bonchev–Trinajstić information content (AvgIpc) is 3.04. The number of thiophene rings is 1. The molecule has 0 unspecified atom stereocenters. The molecule has 5 heteroatoms. The largest absolute Gasteiger partial charge is 0.422 e. The second kappa shape index (κ2) is 6.15. The molecule has 0 aliphatic rings. The molecule has 22 heavy (non-hydrogen) atoms. The number of hydrogen-bond acceptors (Lipinski definition) is 4. The van der Waals surface area contributed by atoms with Crippen molar-refractivity contribution in [1.29, 1.82) is 0 Å². The van der Waals surface area contributed by atoms with Crippen LogP contribution in [0.2, 0.25) is 0 Å². The van der Waals surface area contributed by atoms with Crippen molar-refractivity contribution in [2.24, 2.45) is 0 Å². The van der Waals surface area contributed by atoms with Gasteiger partial charge in [0.25, 0.3) is 5.91 Å². The highest BCUT2D eigenvalue weighted by molar-refractivity contribution is 7.09. The predicted octanol–water partition coefficient (Wildman–Crippen LogP) is 3.52. The first kappa shape index (κ1) is 14.5. The number of nitrogens with zero attached hydrogens (tertiary/aromatic N) is 1. The Morgan fingerprint density at radius 2 is 2.05 bits per heavy atom. The van der Waals surface area contributed by atoms with Crippen LogP contribution in [0.15, 0.2) is 57.1 Å². The van der Waals surface area contributed by atoms with Crippen LogP contribution in [0.4, 0.5) is 0 Å². The molecule has 1 amide bonds. The van der Waals surface area contributed by atoms with Gasteiger partial charge < -0.3 is 9.32 Å². The van der Waals surface area contributed by atoms with Gasteiger partial charge >= 0.3 is 5.63 Å². The van der Waals surface area contributed by atoms with E-state index in [1.54, 1.807) is 34.4 Å². The lowest BCUT2D eigenvalue weighted by Crippen LogP contribution is -2.33. The summed E-state index contributed by atoms with van der Waals surface area (Å²) in [6.07, 6.45) is 0. The van der Waals surface area contributed by atoms with E-state index < -0.39 is 5.63 Å². The minimum absolute atomic E-state index is 0.0807. The summed E-state index contributed by atoms with van der Waals surface area (Å²) in [5.41, 5.74) is -0.0178. The van der Waals surface area contributed by atoms with Crippen LogP contribution in [0, 0.1) is 0 Å². The third-order valence-electron chi connectivity index (χ3n) is 3.47. The normalized spacial score (nSPS) is 10.8. The van der Waals surface area contributed by atoms with Crippen molar-refractivity contribution in [3.63, 3.8) is 0 Å². The van der Waals surface area contributed by atoms with Crippen LogP contribution >= 0.6 is 11.3 Å². The molecule has 2 heterocycles. The molecule has 0 aliphatic heterocycles. The number of carbonyl (C=O) groups is 1. The minimum Gasteiger partial charge on any atom is -0.422 e. The summed E-state index contributed by atoms with van der Waals surface area (Å²) in [7, 11) is 0. The summed E-state index contributed by atoms with van der Waals surface area (Å²) in [5, 5.41) is 2.72. The first-order valence-corrected chi connectivity index (χ1v) is 7.91. The quantitative estimate of drug-likeness (QED) is 0.693. The van der Waals surface area contributed by atoms with Gasteiger partial charge in [0.15, 0.2) is 0 Å². The summed E-state index contributed by atoms with van der Waals surface area (Å²) in [5.74, 6) is -0.296. The molecule has 3 rings (SSSR count). The number of fused-ring (bicyclic) bond motifs is 1. The van der Waals surface area contributed by atoms with Crippen LogP contribution in [0.25, 0.3) is 11.0 Å². The van der Waals surface area contributed by atoms with Gasteiger partial charge in [-0.3, -0.25) is 4.79 Å². The molecule has 1 aromatic carbocycles. The van der Waals surface area contributed by atoms with Gasteiger partial charge in [-0.15, -0.1) is 11.3 Å². The molecular weight excluding hydrogens is 298 g/mol. The van der Waals surface area contributed by atoms with Crippen molar-refractivity contribution in [3.05, 3.63) is 68.7 Å². The Hall–Kier alpha value is -2.40. The van der Waals surface area contributed by atoms with Crippen LogP contribution in [0.3, 0.4) is 0 Å². The first-order chi connectivity index (χ1) is 10.7. The Balaban J connectivity index is 1.96. The molecule has 0 fully saturated rings. The molecule has 112 valence electrons. The molecule has 0 N–H and O–H groups in total. The topological polar surface area (TPSA) is 50.5 Å². The monoisotopic (exact) mass is 313 g/mol. The SMILES string of the molecule is CCN(Cc1cccs1)C(=O)c1cc2ccccc2oc1=O. The number of rotatable bonds is 4. The highest BCUT2D eigenvalue weighted by Crippen LogP contribution is 2.16. The lowest BCUT2D eigenvalue weighted by Gasteiger charge is -2.19. The Kier molecular flexibility index (Phi) is 4.06. The fourth-order valence-electron chi connectivity index (χ4n) is 2.30. The molecule has 0 atom stereocenters. The maximum absolute atomic E-state index is 12.6. The van der Waals surface area contributed by atoms with Crippen molar-refractivity contribution in [3.8, 4) is 0 Å². The van der Waals surface area contributed by atoms with Crippen LogP contribution < -0.4 is 5.63 Å². The van der Waals surface area contributed by atoms with Crippen molar-refractivity contribution in [2.45, 2.75) is 13.5 Å². The summed E-state index contributed by atoms with van der Waals surface area (Å²) in [4.78, 5) is 27.5. The Morgan fingerprint density at radius 3 is 2.77 bits per heavy atom. The minimum atomic E-state index is -0.590. The molecule has 2 aromatic heterocycles. The maximum atomic E-state index is 12.6. The van der Waals surface area contributed by atoms with E-state index in [2.05, 4.69) is 0 Å². The number of amides is 1. The summed E-state index contributed by atoms with van der Waals surface area (Å²) >= 11 is 1.59. The molecule has 0 spiro atoms. The highest BCUT2D eigenvalue weighted by Gasteiger charge is 2.20. The molecule has 0 radical (unpaired) electrons. The maximum Gasteiger partial charge on any atom is 0.349 e. The zero-order valence-corrected chi connectivity index (χ0v) is 12.9. The summed E-state index contributed by atoms with van der Waals surface area (Å²) in [6, 6.07) is 12.7. The molecule has 0 saturated heterocycles. The smallest absolute Gasteiger partial charge is 0.349 e. The molecule has 0 saturated carbocycles. The van der Waals surface area contributed by atoms with Gasteiger partial charge in [-0.2, -0.15) is 0 Å². The molecule has 0 bridgehead atoms. The molecule has 4 nitrogen and oxygen atoms in total. The van der Waals surface area contributed by atoms with Gasteiger partial charge in [0.2, 0.25) is 0 Å². The second-order valence-electron chi connectivity index (χ2n) is 4.88. The van der Waals surface area contributed by atoms with Crippen LogP contribution in [-0.4, -0.2) is 17.4 Å². The third-order valence-corrected chi connectivity index (χ3v) is 4.33. The molecular formula is C17H15NO3S. The standard InChI is InChI=1S/C17H15NO3S/c1-2-18(11-13-7-5-9-22-13)16(19)14-10-12-6-3-4-8-15(12)21-17(14)20/h3-10H,2,11H2,1H3. The zero-order chi connectivity index (χ0) is 15.5. The first-order valence-electron chi connectivity index (χ1n) is 7.03. The Labute approximate surface area is 131 Å². The van der Waals surface area contributed by atoms with Gasteiger partial charge in [-0.05, 0) is 30.5 Å². The van der Waals surface area contributed by atoms with Crippen LogP contribution in [0.5, 0.6) is 0 Å². The van der Waals surface area contributed by atoms with Gasteiger partial charge in [0.1, 0.15) is 11.1 Å². The average molecular weight is 313 g/mol. The van der Waals surface area contributed by atoms with Gasteiger partial charge in [0.05, 0.1) is 6.54 Å². The molecule has 0 aliphatic carbocycles. The third kappa shape index (κ3) is 2.80. The second-order valence-corrected chi connectivity index (χ2v) is 5.92. The lowest BCUT2D eigenvalue weighted by molar-refractivity contribution is 0.0750. The van der Waals surface area contributed by atoms with E-state index in [0.29, 0.717) is 18.7 Å². The van der Waals surface area contributed by atoms with E-state index in [4.69, 9.17) is 4.42 Å². The Bertz CT molecular complexity index is 852. The van der Waals surface area contributed by atoms with E-state index in [0.717, 1.165) is 10.3 Å². The number of hydrogen-bond donors (Lipinski definition) is 0. The van der Waals surface area contributed by atoms with Crippen molar-refractivity contribution in [1.82, 2.24) is 4.90 Å². The Morgan fingerprint density at radius 1 is 1.23 bits per heavy atom. The van der Waals surface area contributed by atoms with Crippen molar-refractivity contribution >= 4 is 28.2 Å². The van der Waals surface area contributed by atoms with Gasteiger partial charge in [-0.1, -0.05) is 24.3 Å². The predicted molar refractivity (Wildman–Crippen MR) is 87.2 cm³/mol. The summed E-state index contributed by atoms with van der Waals surface area (Å²) < 4.78 is 5.24. The highest BCUT2D eigenvalue weighted by atomic mass is 32.1. The van der Waals surface area contributed by atoms with Gasteiger partial charge in [-0.25, -0.2) is 4.79 Å². The van der Waals surface area contributed by atoms with Crippen molar-refractivity contribution in [2.75, 3.05) is 6.54 Å². The van der Waals surface area contributed by atoms with Gasteiger partial charge in [0, 0.05) is 16.8 Å². The van der Waals surface area contributed by atoms with E-state index in [1.807, 2.05) is 36.6 Å². The van der Waals surface area contributed by atoms with E-state index in [9.17, 15) is 9.59 Å². The fraction of sp³-hybridized carbons (Fsp3) is 0.176. The lowest BCUT2D eigenvalue weighted by atomic mass is 10.1. The van der Waals surface area contributed by atoms with E-state index in [-0.39, 0.29) is 11.5 Å². The van der Waals surface area contributed by atoms with E-state index in [1.165, 1.54) is 0 Å². The van der Waals surface area contributed by atoms with Crippen molar-refractivity contribution < 1.29 is 9.21 Å². The number of carbonyl (C=O) groups excluding carboxylic acids is 1. The van der Waals surface area contributed by atoms with Crippen LogP contribution in [0.1, 0.15) is 22.2 Å². The molecule has 3 aromatic rings. The van der Waals surface area contributed by atoms with E-state index >= 15 is 0 Å².